The van der Waals surface area contributed by atoms with Gasteiger partial charge in [-0.05, 0) is 37.8 Å². The number of carbonyl (C=O) groups is 1. The molecule has 2 aromatic heterocycles. The zero-order valence-corrected chi connectivity index (χ0v) is 22.0. The minimum atomic E-state index is -1.75. The Morgan fingerprint density at radius 2 is 1.63 bits per heavy atom. The zero-order chi connectivity index (χ0) is 29.0. The molecule has 1 saturated carbocycles. The zero-order valence-electron chi connectivity index (χ0n) is 21.2. The second-order valence-corrected chi connectivity index (χ2v) is 10.7. The maximum Gasteiger partial charge on any atom is 0.238 e. The van der Waals surface area contributed by atoms with Gasteiger partial charge < -0.3 is 15.4 Å². The number of amides is 1. The third-order valence-corrected chi connectivity index (χ3v) is 8.20. The Morgan fingerprint density at radius 1 is 0.951 bits per heavy atom. The first-order valence-corrected chi connectivity index (χ1v) is 13.6. The first kappa shape index (κ1) is 27.0. The molecule has 1 aliphatic heterocycles. The Morgan fingerprint density at radius 3 is 2.27 bits per heavy atom. The van der Waals surface area contributed by atoms with Gasteiger partial charge in [-0.1, -0.05) is 18.3 Å². The summed E-state index contributed by atoms with van der Waals surface area (Å²) in [7, 11) is 0. The standard InChI is InChI=1S/C27H21F5N6O2S/c1-12-37(20(39)10-41-12)13-2-4-14(5-3-13)38-27-21(26(33)34-11-35-27)24(36-38)16-7-6-15(8-17(16)28)40-25-22(31)18(29)9-19(30)23(25)32/h6-9,11,13-14H,1-5,10H2,(H2,33,34,35). The summed E-state index contributed by atoms with van der Waals surface area (Å²) in [4.78, 5) is 22.5. The molecule has 1 amide bonds. The molecule has 8 nitrogen and oxygen atoms in total. The van der Waals surface area contributed by atoms with Gasteiger partial charge in [0.1, 0.15) is 29.4 Å². The molecule has 0 bridgehead atoms. The molecule has 2 fully saturated rings. The maximum atomic E-state index is 15.4. The van der Waals surface area contributed by atoms with E-state index in [1.54, 1.807) is 9.58 Å². The number of halogens is 5. The van der Waals surface area contributed by atoms with Crippen molar-refractivity contribution >= 4 is 34.5 Å². The molecule has 3 heterocycles. The van der Waals surface area contributed by atoms with E-state index in [1.165, 1.54) is 30.2 Å². The lowest BCUT2D eigenvalue weighted by atomic mass is 9.90. The second-order valence-electron chi connectivity index (χ2n) is 9.70. The number of aromatic nitrogens is 4. The molecule has 1 saturated heterocycles. The quantitative estimate of drug-likeness (QED) is 0.222. The fraction of sp³-hybridized carbons (Fsp3) is 0.259. The van der Waals surface area contributed by atoms with Crippen molar-refractivity contribution in [1.82, 2.24) is 24.6 Å². The summed E-state index contributed by atoms with van der Waals surface area (Å²) >= 11 is 1.43. The molecule has 212 valence electrons. The lowest BCUT2D eigenvalue weighted by molar-refractivity contribution is -0.127. The molecule has 0 atom stereocenters. The monoisotopic (exact) mass is 588 g/mol. The number of nitrogens with two attached hydrogens (primary N) is 1. The van der Waals surface area contributed by atoms with Gasteiger partial charge in [0.25, 0.3) is 0 Å². The fourth-order valence-electron chi connectivity index (χ4n) is 5.34. The molecule has 41 heavy (non-hydrogen) atoms. The van der Waals surface area contributed by atoms with Crippen LogP contribution >= 0.6 is 11.8 Å². The number of carbonyl (C=O) groups excluding carboxylic acids is 1. The summed E-state index contributed by atoms with van der Waals surface area (Å²) < 4.78 is 77.3. The van der Waals surface area contributed by atoms with E-state index in [0.717, 1.165) is 11.1 Å². The first-order valence-electron chi connectivity index (χ1n) is 12.6. The molecule has 2 aliphatic rings. The highest BCUT2D eigenvalue weighted by atomic mass is 32.2. The van der Waals surface area contributed by atoms with Gasteiger partial charge in [0.2, 0.25) is 23.3 Å². The number of nitrogens with zero attached hydrogens (tertiary/aromatic N) is 5. The van der Waals surface area contributed by atoms with Crippen LogP contribution in [0.4, 0.5) is 27.8 Å². The summed E-state index contributed by atoms with van der Waals surface area (Å²) in [6.07, 6.45) is 4.04. The minimum Gasteiger partial charge on any atom is -0.451 e. The first-order chi connectivity index (χ1) is 19.6. The van der Waals surface area contributed by atoms with Gasteiger partial charge in [-0.3, -0.25) is 4.79 Å². The molecule has 6 rings (SSSR count). The van der Waals surface area contributed by atoms with Crippen molar-refractivity contribution in [2.24, 2.45) is 0 Å². The van der Waals surface area contributed by atoms with Crippen LogP contribution in [0.3, 0.4) is 0 Å². The second kappa shape index (κ2) is 10.3. The molecule has 2 aromatic carbocycles. The van der Waals surface area contributed by atoms with Crippen molar-refractivity contribution in [2.45, 2.75) is 37.8 Å². The summed E-state index contributed by atoms with van der Waals surface area (Å²) in [6, 6.07) is 3.19. The third-order valence-electron chi connectivity index (χ3n) is 7.28. The predicted octanol–water partition coefficient (Wildman–Crippen LogP) is 6.09. The summed E-state index contributed by atoms with van der Waals surface area (Å²) in [6.45, 7) is 3.98. The normalized spacial score (nSPS) is 19.4. The van der Waals surface area contributed by atoms with Crippen molar-refractivity contribution in [3.63, 3.8) is 0 Å². The van der Waals surface area contributed by atoms with Crippen LogP contribution < -0.4 is 10.5 Å². The molecule has 2 N–H and O–H groups in total. The summed E-state index contributed by atoms with van der Waals surface area (Å²) in [5, 5.41) is 5.72. The van der Waals surface area contributed by atoms with Gasteiger partial charge in [0, 0.05) is 23.7 Å². The maximum absolute atomic E-state index is 15.4. The van der Waals surface area contributed by atoms with Gasteiger partial charge in [-0.2, -0.15) is 13.9 Å². The average molecular weight is 589 g/mol. The SMILES string of the molecule is C=C1SCC(=O)N1C1CCC(n2nc(-c3ccc(Oc4c(F)c(F)cc(F)c4F)cc3F)c3c(N)ncnc32)CC1. The Kier molecular flexibility index (Phi) is 6.80. The highest BCUT2D eigenvalue weighted by Crippen LogP contribution is 2.41. The van der Waals surface area contributed by atoms with Crippen molar-refractivity contribution < 1.29 is 31.5 Å². The summed E-state index contributed by atoms with van der Waals surface area (Å²) in [5.74, 6) is -8.96. The van der Waals surface area contributed by atoms with Crippen LogP contribution in [0.15, 0.2) is 42.2 Å². The van der Waals surface area contributed by atoms with E-state index >= 15 is 4.39 Å². The van der Waals surface area contributed by atoms with Crippen molar-refractivity contribution in [1.29, 1.82) is 0 Å². The van der Waals surface area contributed by atoms with Crippen LogP contribution in [-0.2, 0) is 4.79 Å². The Balaban J connectivity index is 1.31. The van der Waals surface area contributed by atoms with Gasteiger partial charge >= 0.3 is 0 Å². The minimum absolute atomic E-state index is 0.0290. The van der Waals surface area contributed by atoms with E-state index < -0.39 is 40.6 Å². The molecule has 0 spiro atoms. The number of anilines is 1. The van der Waals surface area contributed by atoms with E-state index in [4.69, 9.17) is 10.5 Å². The van der Waals surface area contributed by atoms with Gasteiger partial charge in [0.15, 0.2) is 17.3 Å². The molecule has 0 radical (unpaired) electrons. The van der Waals surface area contributed by atoms with Crippen LogP contribution in [0.25, 0.3) is 22.3 Å². The third kappa shape index (κ3) is 4.65. The largest absolute Gasteiger partial charge is 0.451 e. The number of fused-ring (bicyclic) bond motifs is 1. The number of rotatable bonds is 5. The van der Waals surface area contributed by atoms with Gasteiger partial charge in [0.05, 0.1) is 22.2 Å². The Hall–Kier alpha value is -4.20. The Labute approximate surface area is 234 Å². The average Bonchev–Trinajstić information content (AvgIpc) is 3.50. The van der Waals surface area contributed by atoms with E-state index in [-0.39, 0.29) is 41.1 Å². The number of benzene rings is 2. The highest BCUT2D eigenvalue weighted by molar-refractivity contribution is 8.04. The lowest BCUT2D eigenvalue weighted by Crippen LogP contribution is -2.38. The topological polar surface area (TPSA) is 99.2 Å². The summed E-state index contributed by atoms with van der Waals surface area (Å²) in [5.41, 5.74) is 6.66. The van der Waals surface area contributed by atoms with Gasteiger partial charge in [-0.25, -0.2) is 27.8 Å². The van der Waals surface area contributed by atoms with E-state index in [1.807, 2.05) is 0 Å². The van der Waals surface area contributed by atoms with Crippen LogP contribution in [0, 0.1) is 29.1 Å². The fourth-order valence-corrected chi connectivity index (χ4v) is 6.16. The number of ether oxygens (including phenoxy) is 1. The van der Waals surface area contributed by atoms with Crippen molar-refractivity contribution in [3.8, 4) is 22.8 Å². The number of thioether (sulfide) groups is 1. The molecular formula is C27H21F5N6O2S. The molecule has 1 aliphatic carbocycles. The van der Waals surface area contributed by atoms with E-state index in [0.29, 0.717) is 42.5 Å². The van der Waals surface area contributed by atoms with Gasteiger partial charge in [-0.15, -0.1) is 0 Å². The lowest BCUT2D eigenvalue weighted by Gasteiger charge is -2.34. The van der Waals surface area contributed by atoms with Crippen molar-refractivity contribution in [3.05, 3.63) is 71.3 Å². The van der Waals surface area contributed by atoms with Crippen molar-refractivity contribution in [2.75, 3.05) is 11.5 Å². The number of nitrogen functional groups attached to an aromatic ring is 1. The van der Waals surface area contributed by atoms with E-state index in [2.05, 4.69) is 21.6 Å². The molecular weight excluding hydrogens is 567 g/mol. The number of hydrogen-bond acceptors (Lipinski definition) is 7. The Bertz CT molecular complexity index is 1680. The number of hydrogen-bond donors (Lipinski definition) is 1. The van der Waals surface area contributed by atoms with Crippen LogP contribution in [0.5, 0.6) is 11.5 Å². The molecule has 14 heteroatoms. The smallest absolute Gasteiger partial charge is 0.238 e. The van der Waals surface area contributed by atoms with Crippen LogP contribution in [0.1, 0.15) is 31.7 Å². The molecule has 4 aromatic rings. The van der Waals surface area contributed by atoms with Crippen LogP contribution in [0.2, 0.25) is 0 Å². The highest BCUT2D eigenvalue weighted by Gasteiger charge is 2.36. The van der Waals surface area contributed by atoms with Crippen LogP contribution in [-0.4, -0.2) is 42.4 Å². The predicted molar refractivity (Wildman–Crippen MR) is 141 cm³/mol. The molecule has 0 unspecified atom stereocenters. The van der Waals surface area contributed by atoms with E-state index in [9.17, 15) is 22.4 Å².